The van der Waals surface area contributed by atoms with Crippen molar-refractivity contribution in [2.75, 3.05) is 0 Å². The second-order valence-electron chi connectivity index (χ2n) is 12.5. The molecule has 4 heteroatoms. The van der Waals surface area contributed by atoms with E-state index >= 15 is 0 Å². The molecule has 1 N–H and O–H groups in total. The van der Waals surface area contributed by atoms with Crippen LogP contribution in [-0.2, 0) is 0 Å². The zero-order chi connectivity index (χ0) is 31.5. The van der Waals surface area contributed by atoms with Crippen molar-refractivity contribution in [2.24, 2.45) is 0 Å². The molecule has 3 heterocycles. The fraction of sp³-hybridized carbons (Fsp3) is 0.0698. The first-order chi connectivity index (χ1) is 23.1. The molecule has 0 fully saturated rings. The summed E-state index contributed by atoms with van der Waals surface area (Å²) in [5.41, 5.74) is 12.1. The average molecular weight is 605 g/mol. The number of nitrogens with zero attached hydrogens (tertiary/aromatic N) is 3. The lowest BCUT2D eigenvalue weighted by Crippen LogP contribution is -2.03. The Balaban J connectivity index is 1.27. The third kappa shape index (κ3) is 4.44. The van der Waals surface area contributed by atoms with E-state index in [4.69, 9.17) is 9.97 Å². The number of para-hydroxylation sites is 3. The molecule has 0 saturated heterocycles. The molecule has 0 spiro atoms. The molecular weight excluding hydrogens is 573 g/mol. The van der Waals surface area contributed by atoms with Gasteiger partial charge < -0.3 is 9.55 Å². The van der Waals surface area contributed by atoms with Crippen molar-refractivity contribution >= 4 is 43.6 Å². The zero-order valence-corrected chi connectivity index (χ0v) is 26.3. The summed E-state index contributed by atoms with van der Waals surface area (Å²) in [5.74, 6) is 0.970. The van der Waals surface area contributed by atoms with Gasteiger partial charge in [-0.25, -0.2) is 4.98 Å². The first-order valence-electron chi connectivity index (χ1n) is 16.2. The molecule has 0 amide bonds. The number of hydrogen-bond acceptors (Lipinski definition) is 2. The van der Waals surface area contributed by atoms with Crippen LogP contribution in [0.5, 0.6) is 0 Å². The maximum Gasteiger partial charge on any atom is 0.143 e. The number of benzene rings is 6. The maximum absolute atomic E-state index is 5.46. The number of imidazole rings is 1. The Bertz CT molecular complexity index is 2610. The minimum absolute atomic E-state index is 0.210. The van der Waals surface area contributed by atoms with Crippen LogP contribution in [0.3, 0.4) is 0 Å². The second kappa shape index (κ2) is 10.8. The van der Waals surface area contributed by atoms with Gasteiger partial charge in [0, 0.05) is 45.2 Å². The number of pyridine rings is 1. The monoisotopic (exact) mass is 604 g/mol. The van der Waals surface area contributed by atoms with Crippen LogP contribution >= 0.6 is 0 Å². The molecule has 0 atom stereocenters. The SMILES string of the molecule is CC(C)n1c(-c2cccc3c2[nH]c2ccccc23)nc2c(-c3cc(-c4cc(-c5ccccc5)ccn4)c4ccccc4c3)cccc21. The summed E-state index contributed by atoms with van der Waals surface area (Å²) in [5, 5.41) is 4.80. The van der Waals surface area contributed by atoms with E-state index in [1.807, 2.05) is 6.20 Å². The molecule has 0 aliphatic rings. The predicted molar refractivity (Wildman–Crippen MR) is 197 cm³/mol. The van der Waals surface area contributed by atoms with Crippen LogP contribution in [0.2, 0.25) is 0 Å². The summed E-state index contributed by atoms with van der Waals surface area (Å²) in [6.07, 6.45) is 1.92. The number of H-pyrrole nitrogens is 1. The van der Waals surface area contributed by atoms with Crippen LogP contribution in [-0.4, -0.2) is 19.5 Å². The molecule has 0 radical (unpaired) electrons. The van der Waals surface area contributed by atoms with E-state index in [0.29, 0.717) is 0 Å². The minimum Gasteiger partial charge on any atom is -0.354 e. The van der Waals surface area contributed by atoms with Crippen molar-refractivity contribution in [3.8, 4) is 44.9 Å². The van der Waals surface area contributed by atoms with Gasteiger partial charge in [-0.1, -0.05) is 97.1 Å². The summed E-state index contributed by atoms with van der Waals surface area (Å²) >= 11 is 0. The van der Waals surface area contributed by atoms with Gasteiger partial charge in [-0.05, 0) is 83.8 Å². The molecule has 0 unspecified atom stereocenters. The van der Waals surface area contributed by atoms with Crippen LogP contribution < -0.4 is 0 Å². The highest BCUT2D eigenvalue weighted by Gasteiger charge is 2.21. The van der Waals surface area contributed by atoms with Gasteiger partial charge in [0.15, 0.2) is 0 Å². The predicted octanol–water partition coefficient (Wildman–Crippen LogP) is 11.5. The lowest BCUT2D eigenvalue weighted by Gasteiger charge is -2.14. The Hall–Kier alpha value is -6.00. The molecule has 0 saturated carbocycles. The van der Waals surface area contributed by atoms with Crippen LogP contribution in [0.1, 0.15) is 19.9 Å². The van der Waals surface area contributed by atoms with Crippen LogP contribution in [0.15, 0.2) is 146 Å². The highest BCUT2D eigenvalue weighted by atomic mass is 15.1. The van der Waals surface area contributed by atoms with E-state index in [0.717, 1.165) is 61.4 Å². The van der Waals surface area contributed by atoms with Crippen molar-refractivity contribution in [1.29, 1.82) is 0 Å². The van der Waals surface area contributed by atoms with Crippen LogP contribution in [0.4, 0.5) is 0 Å². The lowest BCUT2D eigenvalue weighted by atomic mass is 9.93. The molecule has 9 rings (SSSR count). The lowest BCUT2D eigenvalue weighted by molar-refractivity contribution is 0.624. The van der Waals surface area contributed by atoms with Gasteiger partial charge in [0.2, 0.25) is 0 Å². The summed E-state index contributed by atoms with van der Waals surface area (Å²) < 4.78 is 2.38. The number of aromatic amines is 1. The molecule has 0 bridgehead atoms. The van der Waals surface area contributed by atoms with E-state index in [1.54, 1.807) is 0 Å². The molecule has 6 aromatic carbocycles. The van der Waals surface area contributed by atoms with Crippen LogP contribution in [0, 0.1) is 0 Å². The molecule has 9 aromatic rings. The number of nitrogens with one attached hydrogen (secondary N) is 1. The second-order valence-corrected chi connectivity index (χ2v) is 12.5. The summed E-state index contributed by atoms with van der Waals surface area (Å²) in [4.78, 5) is 14.1. The molecule has 3 aromatic heterocycles. The van der Waals surface area contributed by atoms with Gasteiger partial charge in [-0.2, -0.15) is 0 Å². The van der Waals surface area contributed by atoms with E-state index in [1.165, 1.54) is 27.1 Å². The number of aromatic nitrogens is 4. The van der Waals surface area contributed by atoms with E-state index in [9.17, 15) is 0 Å². The van der Waals surface area contributed by atoms with E-state index < -0.39 is 0 Å². The van der Waals surface area contributed by atoms with Crippen molar-refractivity contribution < 1.29 is 0 Å². The molecule has 47 heavy (non-hydrogen) atoms. The van der Waals surface area contributed by atoms with Crippen molar-refractivity contribution in [2.45, 2.75) is 19.9 Å². The third-order valence-corrected chi connectivity index (χ3v) is 9.33. The first kappa shape index (κ1) is 27.3. The van der Waals surface area contributed by atoms with Gasteiger partial charge in [-0.15, -0.1) is 0 Å². The number of fused-ring (bicyclic) bond motifs is 5. The molecule has 0 aliphatic heterocycles. The molecular formula is C43H32N4. The third-order valence-electron chi connectivity index (χ3n) is 9.33. The molecule has 0 aliphatic carbocycles. The fourth-order valence-corrected chi connectivity index (χ4v) is 7.19. The Morgan fingerprint density at radius 2 is 1.32 bits per heavy atom. The quantitative estimate of drug-likeness (QED) is 0.212. The molecule has 224 valence electrons. The summed E-state index contributed by atoms with van der Waals surface area (Å²) in [6.45, 7) is 4.48. The van der Waals surface area contributed by atoms with E-state index in [2.05, 4.69) is 163 Å². The highest BCUT2D eigenvalue weighted by Crippen LogP contribution is 2.40. The van der Waals surface area contributed by atoms with Gasteiger partial charge >= 0.3 is 0 Å². The van der Waals surface area contributed by atoms with Crippen LogP contribution in [0.25, 0.3) is 88.5 Å². The smallest absolute Gasteiger partial charge is 0.143 e. The summed E-state index contributed by atoms with van der Waals surface area (Å²) in [7, 11) is 0. The fourth-order valence-electron chi connectivity index (χ4n) is 7.19. The van der Waals surface area contributed by atoms with Gasteiger partial charge in [0.1, 0.15) is 5.82 Å². The van der Waals surface area contributed by atoms with Crippen molar-refractivity contribution in [3.63, 3.8) is 0 Å². The maximum atomic E-state index is 5.46. The Kier molecular flexibility index (Phi) is 6.29. The van der Waals surface area contributed by atoms with Gasteiger partial charge in [-0.3, -0.25) is 4.98 Å². The first-order valence-corrected chi connectivity index (χ1v) is 16.2. The van der Waals surface area contributed by atoms with Gasteiger partial charge in [0.25, 0.3) is 0 Å². The Morgan fingerprint density at radius 3 is 2.19 bits per heavy atom. The number of hydrogen-bond donors (Lipinski definition) is 1. The highest BCUT2D eigenvalue weighted by molar-refractivity contribution is 6.12. The molecule has 4 nitrogen and oxygen atoms in total. The van der Waals surface area contributed by atoms with Crippen molar-refractivity contribution in [3.05, 3.63) is 146 Å². The standard InChI is InChI=1S/C43H32N4/c1-27(2)47-40-21-11-17-33(42(40)46-43(47)36-19-10-18-35-34-16-8-9-20-38(34)45-41(35)36)31-24-30-14-6-7-15-32(30)37(25-31)39-26-29(22-23-44-39)28-12-4-3-5-13-28/h3-27,45H,1-2H3. The zero-order valence-electron chi connectivity index (χ0n) is 26.3. The minimum atomic E-state index is 0.210. The number of rotatable bonds is 5. The topological polar surface area (TPSA) is 46.5 Å². The van der Waals surface area contributed by atoms with Crippen molar-refractivity contribution in [1.82, 2.24) is 19.5 Å². The largest absolute Gasteiger partial charge is 0.354 e. The normalized spacial score (nSPS) is 11.8. The Morgan fingerprint density at radius 1 is 0.574 bits per heavy atom. The van der Waals surface area contributed by atoms with Gasteiger partial charge in [0.05, 0.1) is 22.2 Å². The Labute approximate surface area is 273 Å². The van der Waals surface area contributed by atoms with E-state index in [-0.39, 0.29) is 6.04 Å². The summed E-state index contributed by atoms with van der Waals surface area (Å²) in [6, 6.07) is 49.8. The average Bonchev–Trinajstić information content (AvgIpc) is 3.71.